The van der Waals surface area contributed by atoms with Gasteiger partial charge in [0.25, 0.3) is 0 Å². The van der Waals surface area contributed by atoms with E-state index in [9.17, 15) is 5.11 Å². The van der Waals surface area contributed by atoms with E-state index >= 15 is 0 Å². The molecule has 1 atom stereocenters. The van der Waals surface area contributed by atoms with Gasteiger partial charge in [-0.3, -0.25) is 0 Å². The van der Waals surface area contributed by atoms with Gasteiger partial charge in [-0.1, -0.05) is 57.7 Å². The highest BCUT2D eigenvalue weighted by atomic mass is 32.2. The Morgan fingerprint density at radius 3 is 2.57 bits per heavy atom. The Morgan fingerprint density at radius 2 is 1.90 bits per heavy atom. The zero-order chi connectivity index (χ0) is 15.2. The predicted octanol–water partition coefficient (Wildman–Crippen LogP) is 6.03. The molecule has 0 aliphatic rings. The second-order valence-electron chi connectivity index (χ2n) is 5.83. The van der Waals surface area contributed by atoms with Gasteiger partial charge in [-0.05, 0) is 47.1 Å². The maximum absolute atomic E-state index is 9.94. The second kappa shape index (κ2) is 7.74. The standard InChI is InChI=1S/C19H26OS/c1-4-6-7-14(5-2)10-15-8-9-16-12-18(20)19(21-3)13-17(16)11-15/h8-9,11-14,20H,4-7,10H2,1-3H3. The molecule has 0 radical (unpaired) electrons. The lowest BCUT2D eigenvalue weighted by atomic mass is 9.91. The summed E-state index contributed by atoms with van der Waals surface area (Å²) in [5.74, 6) is 1.18. The molecule has 0 aliphatic heterocycles. The predicted molar refractivity (Wildman–Crippen MR) is 94.4 cm³/mol. The van der Waals surface area contributed by atoms with E-state index in [1.165, 1.54) is 43.1 Å². The Bertz CT molecular complexity index is 591. The molecule has 0 saturated heterocycles. The number of benzene rings is 2. The summed E-state index contributed by atoms with van der Waals surface area (Å²) < 4.78 is 0. The van der Waals surface area contributed by atoms with Gasteiger partial charge in [-0.15, -0.1) is 11.8 Å². The molecular weight excluding hydrogens is 276 g/mol. The van der Waals surface area contributed by atoms with Crippen molar-refractivity contribution in [2.45, 2.75) is 50.8 Å². The van der Waals surface area contributed by atoms with Crippen LogP contribution in [0.3, 0.4) is 0 Å². The molecule has 21 heavy (non-hydrogen) atoms. The summed E-state index contributed by atoms with van der Waals surface area (Å²) in [6, 6.07) is 10.6. The third kappa shape index (κ3) is 4.16. The molecule has 0 bridgehead atoms. The zero-order valence-corrected chi connectivity index (χ0v) is 14.2. The number of unbranched alkanes of at least 4 members (excludes halogenated alkanes) is 1. The molecule has 0 aromatic heterocycles. The Morgan fingerprint density at radius 1 is 1.10 bits per heavy atom. The number of phenols is 1. The number of rotatable bonds is 7. The van der Waals surface area contributed by atoms with Crippen molar-refractivity contribution in [3.8, 4) is 5.75 Å². The van der Waals surface area contributed by atoms with Crippen molar-refractivity contribution >= 4 is 22.5 Å². The zero-order valence-electron chi connectivity index (χ0n) is 13.4. The van der Waals surface area contributed by atoms with Crippen molar-refractivity contribution < 1.29 is 5.11 Å². The van der Waals surface area contributed by atoms with Crippen molar-refractivity contribution in [2.24, 2.45) is 5.92 Å². The SMILES string of the molecule is CCCCC(CC)Cc1ccc2cc(O)c(SC)cc2c1. The molecule has 0 aliphatic carbocycles. The molecule has 2 aromatic rings. The minimum Gasteiger partial charge on any atom is -0.507 e. The van der Waals surface area contributed by atoms with Gasteiger partial charge >= 0.3 is 0 Å². The third-order valence-electron chi connectivity index (χ3n) is 4.27. The molecule has 0 saturated carbocycles. The first-order valence-corrected chi connectivity index (χ1v) is 9.20. The van der Waals surface area contributed by atoms with Gasteiger partial charge in [0.15, 0.2) is 0 Å². The van der Waals surface area contributed by atoms with E-state index in [0.29, 0.717) is 5.75 Å². The molecule has 0 heterocycles. The summed E-state index contributed by atoms with van der Waals surface area (Å²) in [6.07, 6.45) is 8.37. The molecule has 0 amide bonds. The average Bonchev–Trinajstić information content (AvgIpc) is 2.50. The van der Waals surface area contributed by atoms with Gasteiger partial charge in [-0.25, -0.2) is 0 Å². The van der Waals surface area contributed by atoms with Gasteiger partial charge in [0.05, 0.1) is 0 Å². The fourth-order valence-corrected chi connectivity index (χ4v) is 3.39. The molecule has 2 heteroatoms. The molecule has 2 rings (SSSR count). The first-order valence-electron chi connectivity index (χ1n) is 7.97. The van der Waals surface area contributed by atoms with Crippen LogP contribution >= 0.6 is 11.8 Å². The van der Waals surface area contributed by atoms with E-state index in [2.05, 4.69) is 38.1 Å². The van der Waals surface area contributed by atoms with Crippen molar-refractivity contribution in [2.75, 3.05) is 6.26 Å². The lowest BCUT2D eigenvalue weighted by Crippen LogP contribution is -2.03. The van der Waals surface area contributed by atoms with Crippen LogP contribution < -0.4 is 0 Å². The fraction of sp³-hybridized carbons (Fsp3) is 0.474. The lowest BCUT2D eigenvalue weighted by Gasteiger charge is -2.15. The average molecular weight is 302 g/mol. The molecule has 1 unspecified atom stereocenters. The van der Waals surface area contributed by atoms with Crippen LogP contribution in [-0.4, -0.2) is 11.4 Å². The summed E-state index contributed by atoms with van der Waals surface area (Å²) in [7, 11) is 0. The first-order chi connectivity index (χ1) is 10.2. The second-order valence-corrected chi connectivity index (χ2v) is 6.67. The molecule has 2 aromatic carbocycles. The topological polar surface area (TPSA) is 20.2 Å². The van der Waals surface area contributed by atoms with Crippen LogP contribution in [0.25, 0.3) is 10.8 Å². The van der Waals surface area contributed by atoms with Crippen molar-refractivity contribution in [1.29, 1.82) is 0 Å². The Hall–Kier alpha value is -1.15. The minimum atomic E-state index is 0.386. The molecule has 0 spiro atoms. The summed E-state index contributed by atoms with van der Waals surface area (Å²) in [4.78, 5) is 0.956. The minimum absolute atomic E-state index is 0.386. The third-order valence-corrected chi connectivity index (χ3v) is 5.04. The van der Waals surface area contributed by atoms with Gasteiger partial charge in [0.1, 0.15) is 5.75 Å². The Kier molecular flexibility index (Phi) is 5.98. The first kappa shape index (κ1) is 16.2. The van der Waals surface area contributed by atoms with Crippen LogP contribution in [-0.2, 0) is 6.42 Å². The van der Waals surface area contributed by atoms with Crippen molar-refractivity contribution in [3.05, 3.63) is 35.9 Å². The summed E-state index contributed by atoms with van der Waals surface area (Å²) in [5.41, 5.74) is 1.42. The number of hydrogen-bond acceptors (Lipinski definition) is 2. The monoisotopic (exact) mass is 302 g/mol. The normalized spacial score (nSPS) is 12.7. The smallest absolute Gasteiger partial charge is 0.129 e. The maximum Gasteiger partial charge on any atom is 0.129 e. The van der Waals surface area contributed by atoms with Gasteiger partial charge in [0, 0.05) is 4.90 Å². The molecular formula is C19H26OS. The van der Waals surface area contributed by atoms with E-state index in [-0.39, 0.29) is 0 Å². The van der Waals surface area contributed by atoms with Crippen molar-refractivity contribution in [1.82, 2.24) is 0 Å². The van der Waals surface area contributed by atoms with Crippen LogP contribution in [0.4, 0.5) is 0 Å². The van der Waals surface area contributed by atoms with Crippen LogP contribution in [0.5, 0.6) is 5.75 Å². The number of hydrogen-bond donors (Lipinski definition) is 1. The maximum atomic E-state index is 9.94. The van der Waals surface area contributed by atoms with Gasteiger partial charge < -0.3 is 5.11 Å². The van der Waals surface area contributed by atoms with Crippen LogP contribution in [0.15, 0.2) is 35.2 Å². The van der Waals surface area contributed by atoms with E-state index < -0.39 is 0 Å². The van der Waals surface area contributed by atoms with Gasteiger partial charge in [-0.2, -0.15) is 0 Å². The van der Waals surface area contributed by atoms with Crippen LogP contribution in [0.1, 0.15) is 45.1 Å². The quantitative estimate of drug-likeness (QED) is 0.630. The highest BCUT2D eigenvalue weighted by molar-refractivity contribution is 7.98. The number of thioether (sulfide) groups is 1. The highest BCUT2D eigenvalue weighted by Gasteiger charge is 2.09. The molecule has 0 fully saturated rings. The summed E-state index contributed by atoms with van der Waals surface area (Å²) in [6.45, 7) is 4.56. The number of aromatic hydroxyl groups is 1. The Labute approximate surface area is 132 Å². The van der Waals surface area contributed by atoms with Crippen LogP contribution in [0, 0.1) is 5.92 Å². The van der Waals surface area contributed by atoms with Crippen LogP contribution in [0.2, 0.25) is 0 Å². The fourth-order valence-electron chi connectivity index (χ4n) is 2.88. The van der Waals surface area contributed by atoms with Gasteiger partial charge in [0.2, 0.25) is 0 Å². The lowest BCUT2D eigenvalue weighted by molar-refractivity contribution is 0.449. The molecule has 114 valence electrons. The van der Waals surface area contributed by atoms with E-state index in [4.69, 9.17) is 0 Å². The largest absolute Gasteiger partial charge is 0.507 e. The van der Waals surface area contributed by atoms with E-state index in [1.54, 1.807) is 11.8 Å². The Balaban J connectivity index is 2.23. The summed E-state index contributed by atoms with van der Waals surface area (Å²) in [5, 5.41) is 12.3. The molecule has 1 nitrogen and oxygen atoms in total. The van der Waals surface area contributed by atoms with E-state index in [1.807, 2.05) is 12.3 Å². The number of fused-ring (bicyclic) bond motifs is 1. The summed E-state index contributed by atoms with van der Waals surface area (Å²) >= 11 is 1.60. The highest BCUT2D eigenvalue weighted by Crippen LogP contribution is 2.32. The number of phenolic OH excluding ortho intramolecular Hbond substituents is 1. The molecule has 1 N–H and O–H groups in total. The van der Waals surface area contributed by atoms with E-state index in [0.717, 1.165) is 16.2 Å². The van der Waals surface area contributed by atoms with Crippen molar-refractivity contribution in [3.63, 3.8) is 0 Å².